The summed E-state index contributed by atoms with van der Waals surface area (Å²) in [5, 5.41) is 0. The topological polar surface area (TPSA) is 31.0 Å². The van der Waals surface area contributed by atoms with Gasteiger partial charge in [-0.3, -0.25) is 0 Å². The normalized spacial score (nSPS) is 10.9. The summed E-state index contributed by atoms with van der Waals surface area (Å²) in [4.78, 5) is 4.07. The maximum atomic E-state index is 5.23. The van der Waals surface area contributed by atoms with Crippen LogP contribution in [-0.2, 0) is 0 Å². The molecule has 0 aliphatic rings. The van der Waals surface area contributed by atoms with E-state index in [-0.39, 0.29) is 0 Å². The van der Waals surface area contributed by atoms with Crippen molar-refractivity contribution in [3.63, 3.8) is 0 Å². The van der Waals surface area contributed by atoms with Crippen LogP contribution in [0.25, 0.3) is 16.8 Å². The molecular formula is C11H8N2O. The molecule has 0 saturated carbocycles. The predicted molar refractivity (Wildman–Crippen MR) is 53.3 cm³/mol. The summed E-state index contributed by atoms with van der Waals surface area (Å²) in [5.41, 5.74) is 2.79. The number of rotatable bonds is 1. The van der Waals surface area contributed by atoms with E-state index >= 15 is 0 Å². The number of hydrogen-bond donors (Lipinski definition) is 0. The number of fused-ring (bicyclic) bond motifs is 1. The molecule has 0 aliphatic heterocycles. The molecule has 1 aromatic carbocycles. The van der Waals surface area contributed by atoms with Crippen LogP contribution in [0.15, 0.2) is 53.5 Å². The molecule has 0 radical (unpaired) electrons. The standard InChI is InChI=1S/C11H8N2O/c1-2-6-13(5-1)9-3-4-10-11(7-9)14-8-12-10/h1-8H. The molecule has 0 spiro atoms. The molecule has 0 unspecified atom stereocenters. The maximum Gasteiger partial charge on any atom is 0.181 e. The van der Waals surface area contributed by atoms with Gasteiger partial charge >= 0.3 is 0 Å². The minimum absolute atomic E-state index is 0.816. The first-order chi connectivity index (χ1) is 6.93. The highest BCUT2D eigenvalue weighted by Gasteiger charge is 2.00. The van der Waals surface area contributed by atoms with Crippen molar-refractivity contribution in [1.29, 1.82) is 0 Å². The third-order valence-corrected chi connectivity index (χ3v) is 2.22. The molecule has 0 atom stereocenters. The quantitative estimate of drug-likeness (QED) is 0.582. The van der Waals surface area contributed by atoms with Crippen molar-refractivity contribution in [3.05, 3.63) is 49.1 Å². The first-order valence-corrected chi connectivity index (χ1v) is 4.40. The summed E-state index contributed by atoms with van der Waals surface area (Å²) in [6.45, 7) is 0. The molecule has 0 N–H and O–H groups in total. The van der Waals surface area contributed by atoms with Crippen molar-refractivity contribution in [2.24, 2.45) is 0 Å². The first kappa shape index (κ1) is 7.38. The highest BCUT2D eigenvalue weighted by atomic mass is 16.3. The van der Waals surface area contributed by atoms with Gasteiger partial charge in [0.05, 0.1) is 0 Å². The maximum absolute atomic E-state index is 5.23. The zero-order valence-electron chi connectivity index (χ0n) is 7.42. The second-order valence-electron chi connectivity index (χ2n) is 3.09. The molecule has 3 nitrogen and oxygen atoms in total. The minimum atomic E-state index is 0.816. The zero-order chi connectivity index (χ0) is 9.38. The second kappa shape index (κ2) is 2.73. The summed E-state index contributed by atoms with van der Waals surface area (Å²) >= 11 is 0. The van der Waals surface area contributed by atoms with Gasteiger partial charge in [-0.25, -0.2) is 4.98 Å². The van der Waals surface area contributed by atoms with Crippen molar-refractivity contribution >= 4 is 11.1 Å². The van der Waals surface area contributed by atoms with E-state index in [2.05, 4.69) is 4.98 Å². The zero-order valence-corrected chi connectivity index (χ0v) is 7.42. The van der Waals surface area contributed by atoms with E-state index < -0.39 is 0 Å². The fourth-order valence-corrected chi connectivity index (χ4v) is 1.51. The lowest BCUT2D eigenvalue weighted by Gasteiger charge is -2.00. The minimum Gasteiger partial charge on any atom is -0.443 e. The van der Waals surface area contributed by atoms with Crippen LogP contribution in [0.2, 0.25) is 0 Å². The molecule has 3 rings (SSSR count). The fraction of sp³-hybridized carbons (Fsp3) is 0. The largest absolute Gasteiger partial charge is 0.443 e. The van der Waals surface area contributed by atoms with E-state index in [1.807, 2.05) is 47.3 Å². The number of nitrogens with zero attached hydrogens (tertiary/aromatic N) is 2. The fourth-order valence-electron chi connectivity index (χ4n) is 1.51. The van der Waals surface area contributed by atoms with E-state index in [4.69, 9.17) is 4.42 Å². The SMILES string of the molecule is c1ccn(-c2ccc3ncoc3c2)c1. The molecule has 2 aromatic heterocycles. The number of aromatic nitrogens is 2. The highest BCUT2D eigenvalue weighted by Crippen LogP contribution is 2.17. The molecule has 2 heterocycles. The van der Waals surface area contributed by atoms with Crippen molar-refractivity contribution in [2.45, 2.75) is 0 Å². The van der Waals surface area contributed by atoms with Gasteiger partial charge in [0.2, 0.25) is 0 Å². The van der Waals surface area contributed by atoms with Gasteiger partial charge < -0.3 is 8.98 Å². The Kier molecular flexibility index (Phi) is 1.44. The van der Waals surface area contributed by atoms with E-state index in [9.17, 15) is 0 Å². The third-order valence-electron chi connectivity index (χ3n) is 2.22. The molecule has 3 aromatic rings. The lowest BCUT2D eigenvalue weighted by molar-refractivity contribution is 0.602. The molecule has 14 heavy (non-hydrogen) atoms. The van der Waals surface area contributed by atoms with Crippen molar-refractivity contribution in [2.75, 3.05) is 0 Å². The van der Waals surface area contributed by atoms with Crippen LogP contribution in [0.3, 0.4) is 0 Å². The Morgan fingerprint density at radius 2 is 2.00 bits per heavy atom. The smallest absolute Gasteiger partial charge is 0.181 e. The summed E-state index contributed by atoms with van der Waals surface area (Å²) in [6, 6.07) is 9.93. The molecular weight excluding hydrogens is 176 g/mol. The lowest BCUT2D eigenvalue weighted by Crippen LogP contribution is -1.87. The Hall–Kier alpha value is -2.03. The Bertz CT molecular complexity index is 551. The van der Waals surface area contributed by atoms with Crippen LogP contribution in [-0.4, -0.2) is 9.55 Å². The van der Waals surface area contributed by atoms with Gasteiger partial charge in [0.1, 0.15) is 5.52 Å². The van der Waals surface area contributed by atoms with Gasteiger partial charge in [-0.15, -0.1) is 0 Å². The van der Waals surface area contributed by atoms with E-state index in [1.54, 1.807) is 0 Å². The van der Waals surface area contributed by atoms with Gasteiger partial charge in [0.15, 0.2) is 12.0 Å². The van der Waals surface area contributed by atoms with Crippen molar-refractivity contribution in [1.82, 2.24) is 9.55 Å². The second-order valence-corrected chi connectivity index (χ2v) is 3.09. The van der Waals surface area contributed by atoms with Crippen molar-refractivity contribution in [3.8, 4) is 5.69 Å². The Balaban J connectivity index is 2.23. The Morgan fingerprint density at radius 3 is 2.86 bits per heavy atom. The molecule has 0 saturated heterocycles. The number of oxazole rings is 1. The van der Waals surface area contributed by atoms with Crippen LogP contribution in [0.4, 0.5) is 0 Å². The van der Waals surface area contributed by atoms with Gasteiger partial charge in [-0.05, 0) is 24.3 Å². The van der Waals surface area contributed by atoms with E-state index in [0.29, 0.717) is 0 Å². The van der Waals surface area contributed by atoms with Crippen LogP contribution >= 0.6 is 0 Å². The van der Waals surface area contributed by atoms with Gasteiger partial charge in [0.25, 0.3) is 0 Å². The van der Waals surface area contributed by atoms with Gasteiger partial charge in [-0.1, -0.05) is 0 Å². The van der Waals surface area contributed by atoms with Crippen LogP contribution < -0.4 is 0 Å². The van der Waals surface area contributed by atoms with E-state index in [1.165, 1.54) is 6.39 Å². The summed E-state index contributed by atoms with van der Waals surface area (Å²) in [5.74, 6) is 0. The number of hydrogen-bond acceptors (Lipinski definition) is 2. The predicted octanol–water partition coefficient (Wildman–Crippen LogP) is 2.62. The van der Waals surface area contributed by atoms with Gasteiger partial charge in [0, 0.05) is 24.1 Å². The summed E-state index contributed by atoms with van der Waals surface area (Å²) < 4.78 is 7.26. The summed E-state index contributed by atoms with van der Waals surface area (Å²) in [7, 11) is 0. The van der Waals surface area contributed by atoms with Crippen LogP contribution in [0.1, 0.15) is 0 Å². The van der Waals surface area contributed by atoms with Crippen LogP contribution in [0, 0.1) is 0 Å². The average molecular weight is 184 g/mol. The van der Waals surface area contributed by atoms with E-state index in [0.717, 1.165) is 16.8 Å². The molecule has 0 bridgehead atoms. The lowest BCUT2D eigenvalue weighted by atomic mass is 10.3. The molecule has 0 aliphatic carbocycles. The Morgan fingerprint density at radius 1 is 1.14 bits per heavy atom. The third kappa shape index (κ3) is 1.03. The Labute approximate surface area is 80.6 Å². The molecule has 68 valence electrons. The molecule has 0 amide bonds. The summed E-state index contributed by atoms with van der Waals surface area (Å²) in [6.07, 6.45) is 5.46. The first-order valence-electron chi connectivity index (χ1n) is 4.40. The monoisotopic (exact) mass is 184 g/mol. The molecule has 0 fully saturated rings. The van der Waals surface area contributed by atoms with Gasteiger partial charge in [-0.2, -0.15) is 0 Å². The molecule has 3 heteroatoms. The van der Waals surface area contributed by atoms with Crippen molar-refractivity contribution < 1.29 is 4.42 Å². The highest BCUT2D eigenvalue weighted by molar-refractivity contribution is 5.74. The average Bonchev–Trinajstić information content (AvgIpc) is 2.88. The van der Waals surface area contributed by atoms with Crippen LogP contribution in [0.5, 0.6) is 0 Å². The number of benzene rings is 1.